The van der Waals surface area contributed by atoms with Gasteiger partial charge < -0.3 is 5.32 Å². The SMILES string of the molecule is O=C(NCCNS(=O)(=O)c1ccc(Cl)cc1)C1CCCCC1. The molecule has 0 aromatic heterocycles. The maximum absolute atomic E-state index is 12.0. The molecule has 0 saturated heterocycles. The van der Waals surface area contributed by atoms with Crippen LogP contribution in [-0.2, 0) is 14.8 Å². The molecule has 1 aromatic rings. The summed E-state index contributed by atoms with van der Waals surface area (Å²) in [5, 5.41) is 3.28. The Bertz CT molecular complexity index is 596. The lowest BCUT2D eigenvalue weighted by Gasteiger charge is -2.20. The average Bonchev–Trinajstić information content (AvgIpc) is 2.52. The highest BCUT2D eigenvalue weighted by molar-refractivity contribution is 7.89. The first-order valence-corrected chi connectivity index (χ1v) is 9.38. The molecule has 0 heterocycles. The van der Waals surface area contributed by atoms with Crippen molar-refractivity contribution in [3.8, 4) is 0 Å². The van der Waals surface area contributed by atoms with Crippen molar-refractivity contribution in [3.63, 3.8) is 0 Å². The zero-order chi connectivity index (χ0) is 16.0. The van der Waals surface area contributed by atoms with Crippen LogP contribution in [-0.4, -0.2) is 27.4 Å². The van der Waals surface area contributed by atoms with E-state index in [0.717, 1.165) is 25.7 Å². The van der Waals surface area contributed by atoms with E-state index in [1.165, 1.54) is 30.7 Å². The van der Waals surface area contributed by atoms with Crippen molar-refractivity contribution in [2.75, 3.05) is 13.1 Å². The van der Waals surface area contributed by atoms with Gasteiger partial charge in [-0.1, -0.05) is 30.9 Å². The summed E-state index contributed by atoms with van der Waals surface area (Å²) in [4.78, 5) is 12.1. The molecule has 2 rings (SSSR count). The molecule has 1 fully saturated rings. The van der Waals surface area contributed by atoms with Gasteiger partial charge in [0, 0.05) is 24.0 Å². The number of hydrogen-bond donors (Lipinski definition) is 2. The first kappa shape index (κ1) is 17.2. The van der Waals surface area contributed by atoms with Crippen molar-refractivity contribution >= 4 is 27.5 Å². The van der Waals surface area contributed by atoms with Crippen molar-refractivity contribution in [2.24, 2.45) is 5.92 Å². The van der Waals surface area contributed by atoms with Gasteiger partial charge in [0.2, 0.25) is 15.9 Å². The largest absolute Gasteiger partial charge is 0.355 e. The van der Waals surface area contributed by atoms with Crippen LogP contribution in [0.3, 0.4) is 0 Å². The van der Waals surface area contributed by atoms with Gasteiger partial charge in [-0.25, -0.2) is 13.1 Å². The summed E-state index contributed by atoms with van der Waals surface area (Å²) in [7, 11) is -3.56. The molecule has 0 bridgehead atoms. The Kier molecular flexibility index (Phi) is 6.23. The van der Waals surface area contributed by atoms with E-state index < -0.39 is 10.0 Å². The summed E-state index contributed by atoms with van der Waals surface area (Å²) in [6, 6.07) is 5.96. The van der Waals surface area contributed by atoms with E-state index in [0.29, 0.717) is 11.6 Å². The van der Waals surface area contributed by atoms with Crippen LogP contribution in [0.25, 0.3) is 0 Å². The molecular weight excluding hydrogens is 324 g/mol. The van der Waals surface area contributed by atoms with E-state index in [1.54, 1.807) is 0 Å². The molecule has 22 heavy (non-hydrogen) atoms. The van der Waals surface area contributed by atoms with E-state index in [-0.39, 0.29) is 23.3 Å². The Morgan fingerprint density at radius 2 is 1.73 bits per heavy atom. The van der Waals surface area contributed by atoms with Gasteiger partial charge in [-0.15, -0.1) is 0 Å². The number of amides is 1. The number of carbonyl (C=O) groups is 1. The van der Waals surface area contributed by atoms with Crippen LogP contribution in [0.5, 0.6) is 0 Å². The molecule has 1 aliphatic carbocycles. The highest BCUT2D eigenvalue weighted by Crippen LogP contribution is 2.23. The van der Waals surface area contributed by atoms with E-state index in [2.05, 4.69) is 10.0 Å². The number of nitrogens with one attached hydrogen (secondary N) is 2. The number of hydrogen-bond acceptors (Lipinski definition) is 3. The van der Waals surface area contributed by atoms with Crippen LogP contribution in [0.2, 0.25) is 5.02 Å². The van der Waals surface area contributed by atoms with E-state index in [1.807, 2.05) is 0 Å². The molecule has 5 nitrogen and oxygen atoms in total. The molecule has 2 N–H and O–H groups in total. The predicted molar refractivity (Wildman–Crippen MR) is 86.2 cm³/mol. The highest BCUT2D eigenvalue weighted by Gasteiger charge is 2.20. The molecule has 1 aromatic carbocycles. The third-order valence-corrected chi connectivity index (χ3v) is 5.55. The van der Waals surface area contributed by atoms with Crippen LogP contribution in [0, 0.1) is 5.92 Å². The summed E-state index contributed by atoms with van der Waals surface area (Å²) in [5.74, 6) is 0.118. The molecular formula is C15H21ClN2O3S. The second-order valence-corrected chi connectivity index (χ2v) is 7.68. The zero-order valence-electron chi connectivity index (χ0n) is 12.3. The van der Waals surface area contributed by atoms with E-state index in [9.17, 15) is 13.2 Å². The lowest BCUT2D eigenvalue weighted by molar-refractivity contribution is -0.125. The second kappa shape index (κ2) is 7.94. The smallest absolute Gasteiger partial charge is 0.240 e. The zero-order valence-corrected chi connectivity index (χ0v) is 13.9. The van der Waals surface area contributed by atoms with Crippen LogP contribution >= 0.6 is 11.6 Å². The first-order chi connectivity index (χ1) is 10.5. The van der Waals surface area contributed by atoms with Crippen LogP contribution in [0.15, 0.2) is 29.2 Å². The number of halogens is 1. The quantitative estimate of drug-likeness (QED) is 0.777. The monoisotopic (exact) mass is 344 g/mol. The molecule has 1 saturated carbocycles. The minimum Gasteiger partial charge on any atom is -0.355 e. The Labute approximate surface area is 136 Å². The lowest BCUT2D eigenvalue weighted by Crippen LogP contribution is -2.38. The Morgan fingerprint density at radius 1 is 1.09 bits per heavy atom. The molecule has 122 valence electrons. The Hall–Kier alpha value is -1.11. The third-order valence-electron chi connectivity index (χ3n) is 3.82. The Morgan fingerprint density at radius 3 is 2.36 bits per heavy atom. The van der Waals surface area contributed by atoms with Crippen molar-refractivity contribution in [1.82, 2.24) is 10.0 Å². The topological polar surface area (TPSA) is 75.3 Å². The van der Waals surface area contributed by atoms with Crippen molar-refractivity contribution in [1.29, 1.82) is 0 Å². The fourth-order valence-corrected chi connectivity index (χ4v) is 3.74. The average molecular weight is 345 g/mol. The van der Waals surface area contributed by atoms with Crippen molar-refractivity contribution in [2.45, 2.75) is 37.0 Å². The van der Waals surface area contributed by atoms with Gasteiger partial charge in [0.1, 0.15) is 0 Å². The molecule has 0 radical (unpaired) electrons. The fourth-order valence-electron chi connectivity index (χ4n) is 2.58. The fraction of sp³-hybridized carbons (Fsp3) is 0.533. The first-order valence-electron chi connectivity index (χ1n) is 7.52. The molecule has 0 spiro atoms. The molecule has 0 unspecified atom stereocenters. The lowest BCUT2D eigenvalue weighted by atomic mass is 9.89. The van der Waals surface area contributed by atoms with Gasteiger partial charge in [0.25, 0.3) is 0 Å². The Balaban J connectivity index is 1.75. The number of sulfonamides is 1. The van der Waals surface area contributed by atoms with Gasteiger partial charge in [0.15, 0.2) is 0 Å². The normalized spacial score (nSPS) is 16.4. The van der Waals surface area contributed by atoms with Crippen LogP contribution < -0.4 is 10.0 Å². The third kappa shape index (κ3) is 4.97. The number of benzene rings is 1. The minimum absolute atomic E-state index is 0.0328. The molecule has 7 heteroatoms. The van der Waals surface area contributed by atoms with E-state index >= 15 is 0 Å². The van der Waals surface area contributed by atoms with E-state index in [4.69, 9.17) is 11.6 Å². The van der Waals surface area contributed by atoms with Crippen molar-refractivity contribution in [3.05, 3.63) is 29.3 Å². The van der Waals surface area contributed by atoms with Crippen molar-refractivity contribution < 1.29 is 13.2 Å². The minimum atomic E-state index is -3.56. The summed E-state index contributed by atoms with van der Waals surface area (Å²) in [6.45, 7) is 0.464. The summed E-state index contributed by atoms with van der Waals surface area (Å²) >= 11 is 5.73. The number of carbonyl (C=O) groups excluding carboxylic acids is 1. The molecule has 1 aliphatic rings. The maximum Gasteiger partial charge on any atom is 0.240 e. The van der Waals surface area contributed by atoms with Crippen LogP contribution in [0.1, 0.15) is 32.1 Å². The van der Waals surface area contributed by atoms with Gasteiger partial charge in [0.05, 0.1) is 4.90 Å². The summed E-state index contributed by atoms with van der Waals surface area (Å²) < 4.78 is 26.5. The number of rotatable bonds is 6. The molecule has 1 amide bonds. The maximum atomic E-state index is 12.0. The second-order valence-electron chi connectivity index (χ2n) is 5.48. The molecule has 0 atom stereocenters. The molecule has 0 aliphatic heterocycles. The van der Waals surface area contributed by atoms with Gasteiger partial charge in [-0.2, -0.15) is 0 Å². The summed E-state index contributed by atoms with van der Waals surface area (Å²) in [6.07, 6.45) is 5.26. The highest BCUT2D eigenvalue weighted by atomic mass is 35.5. The van der Waals surface area contributed by atoms with Crippen LogP contribution in [0.4, 0.5) is 0 Å². The van der Waals surface area contributed by atoms with Gasteiger partial charge in [-0.05, 0) is 37.1 Å². The van der Waals surface area contributed by atoms with Gasteiger partial charge >= 0.3 is 0 Å². The predicted octanol–water partition coefficient (Wildman–Crippen LogP) is 2.31. The standard InChI is InChI=1S/C15H21ClN2O3S/c16-13-6-8-14(9-7-13)22(20,21)18-11-10-17-15(19)12-4-2-1-3-5-12/h6-9,12,18H,1-5,10-11H2,(H,17,19). The summed E-state index contributed by atoms with van der Waals surface area (Å²) in [5.41, 5.74) is 0. The van der Waals surface area contributed by atoms with Gasteiger partial charge in [-0.3, -0.25) is 4.79 Å².